The highest BCUT2D eigenvalue weighted by atomic mass is 16.2. The second-order valence-corrected chi connectivity index (χ2v) is 6.35. The molecule has 0 atom stereocenters. The van der Waals surface area contributed by atoms with Crippen LogP contribution in [0.5, 0.6) is 0 Å². The van der Waals surface area contributed by atoms with Gasteiger partial charge in [0.15, 0.2) is 0 Å². The number of aromatic nitrogens is 2. The van der Waals surface area contributed by atoms with E-state index in [1.165, 1.54) is 10.8 Å². The Balaban J connectivity index is 1.87. The summed E-state index contributed by atoms with van der Waals surface area (Å²) in [5.74, 6) is -0.628. The lowest BCUT2D eigenvalue weighted by Gasteiger charge is -2.07. The maximum absolute atomic E-state index is 12.9. The van der Waals surface area contributed by atoms with Gasteiger partial charge in [-0.05, 0) is 30.7 Å². The van der Waals surface area contributed by atoms with Crippen molar-refractivity contribution in [2.24, 2.45) is 7.05 Å². The monoisotopic (exact) mass is 384 g/mol. The molecule has 0 saturated heterocycles. The Morgan fingerprint density at radius 1 is 1.07 bits per heavy atom. The van der Waals surface area contributed by atoms with Gasteiger partial charge in [-0.1, -0.05) is 60.7 Å². The van der Waals surface area contributed by atoms with E-state index in [0.717, 1.165) is 5.56 Å². The Morgan fingerprint density at radius 2 is 1.69 bits per heavy atom. The molecule has 0 saturated carbocycles. The summed E-state index contributed by atoms with van der Waals surface area (Å²) >= 11 is 0. The van der Waals surface area contributed by atoms with Crippen molar-refractivity contribution >= 4 is 17.7 Å². The number of rotatable bonds is 5. The van der Waals surface area contributed by atoms with E-state index in [9.17, 15) is 14.9 Å². The first kappa shape index (κ1) is 19.6. The molecule has 0 radical (unpaired) electrons. The molecule has 144 valence electrons. The number of amides is 1. The second-order valence-electron chi connectivity index (χ2n) is 6.35. The molecule has 0 fully saturated rings. The van der Waals surface area contributed by atoms with Gasteiger partial charge in [-0.25, -0.2) is 4.68 Å². The highest BCUT2D eigenvalue weighted by molar-refractivity contribution is 6.07. The molecule has 0 aliphatic heterocycles. The van der Waals surface area contributed by atoms with Crippen molar-refractivity contribution in [2.75, 3.05) is 5.32 Å². The molecule has 3 rings (SSSR count). The average Bonchev–Trinajstić information content (AvgIpc) is 2.95. The number of allylic oxidation sites excluding steroid dienone is 2. The van der Waals surface area contributed by atoms with Crippen LogP contribution in [0.2, 0.25) is 0 Å². The number of nitriles is 1. The summed E-state index contributed by atoms with van der Waals surface area (Å²) in [5, 5.41) is 11.9. The number of hydrogen-bond acceptors (Lipinski definition) is 3. The molecule has 1 heterocycles. The van der Waals surface area contributed by atoms with Gasteiger partial charge in [0.05, 0.1) is 11.4 Å². The van der Waals surface area contributed by atoms with Crippen molar-refractivity contribution in [1.29, 1.82) is 5.26 Å². The molecule has 0 bridgehead atoms. The molecule has 0 aliphatic carbocycles. The number of para-hydroxylation sites is 1. The predicted octanol–water partition coefficient (Wildman–Crippen LogP) is 3.59. The lowest BCUT2D eigenvalue weighted by atomic mass is 10.2. The lowest BCUT2D eigenvalue weighted by molar-refractivity contribution is -0.112. The third kappa shape index (κ3) is 4.25. The van der Waals surface area contributed by atoms with Gasteiger partial charge < -0.3 is 5.32 Å². The van der Waals surface area contributed by atoms with Crippen molar-refractivity contribution in [1.82, 2.24) is 9.36 Å². The fourth-order valence-electron chi connectivity index (χ4n) is 2.88. The molecule has 6 heteroatoms. The minimum Gasteiger partial charge on any atom is -0.315 e. The number of nitrogens with one attached hydrogen (secondary N) is 1. The molecule has 1 aromatic heterocycles. The van der Waals surface area contributed by atoms with Crippen molar-refractivity contribution in [2.45, 2.75) is 6.92 Å². The first-order valence-corrected chi connectivity index (χ1v) is 9.02. The SMILES string of the molecule is Cc1c(NC(=O)/C(C#N)=C\C=C\c2ccccc2)c(=O)n(-c2ccccc2)n1C. The normalized spacial score (nSPS) is 11.4. The van der Waals surface area contributed by atoms with Gasteiger partial charge in [0.1, 0.15) is 17.3 Å². The Labute approximate surface area is 168 Å². The van der Waals surface area contributed by atoms with E-state index in [1.807, 2.05) is 54.6 Å². The largest absolute Gasteiger partial charge is 0.315 e. The van der Waals surface area contributed by atoms with E-state index in [0.29, 0.717) is 11.4 Å². The number of carbonyl (C=O) groups excluding carboxylic acids is 1. The summed E-state index contributed by atoms with van der Waals surface area (Å²) in [5.41, 5.74) is 1.92. The van der Waals surface area contributed by atoms with Crippen LogP contribution in [0.4, 0.5) is 5.69 Å². The summed E-state index contributed by atoms with van der Waals surface area (Å²) in [7, 11) is 1.74. The minimum absolute atomic E-state index is 0.0916. The molecular weight excluding hydrogens is 364 g/mol. The smallest absolute Gasteiger partial charge is 0.295 e. The number of benzene rings is 2. The van der Waals surface area contributed by atoms with Crippen molar-refractivity contribution < 1.29 is 4.79 Å². The summed E-state index contributed by atoms with van der Waals surface area (Å²) < 4.78 is 3.13. The Hall–Kier alpha value is -4.11. The molecule has 0 spiro atoms. The van der Waals surface area contributed by atoms with E-state index < -0.39 is 5.91 Å². The van der Waals surface area contributed by atoms with Crippen LogP contribution in [0.3, 0.4) is 0 Å². The van der Waals surface area contributed by atoms with E-state index in [2.05, 4.69) is 5.32 Å². The first-order chi connectivity index (χ1) is 14.0. The summed E-state index contributed by atoms with van der Waals surface area (Å²) in [6.45, 7) is 1.74. The van der Waals surface area contributed by atoms with Crippen LogP contribution < -0.4 is 10.9 Å². The summed E-state index contributed by atoms with van der Waals surface area (Å²) in [4.78, 5) is 25.4. The van der Waals surface area contributed by atoms with Gasteiger partial charge in [0.25, 0.3) is 11.5 Å². The van der Waals surface area contributed by atoms with E-state index in [-0.39, 0.29) is 16.8 Å². The molecule has 1 N–H and O–H groups in total. The quantitative estimate of drug-likeness (QED) is 0.415. The number of nitrogens with zero attached hydrogens (tertiary/aromatic N) is 3. The molecule has 1 amide bonds. The first-order valence-electron chi connectivity index (χ1n) is 9.02. The van der Waals surface area contributed by atoms with Crippen molar-refractivity contribution in [3.05, 3.63) is 100.0 Å². The van der Waals surface area contributed by atoms with E-state index in [1.54, 1.807) is 42.9 Å². The van der Waals surface area contributed by atoms with Gasteiger partial charge in [-0.2, -0.15) is 5.26 Å². The number of hydrogen-bond donors (Lipinski definition) is 1. The predicted molar refractivity (Wildman–Crippen MR) is 114 cm³/mol. The Kier molecular flexibility index (Phi) is 5.91. The van der Waals surface area contributed by atoms with Crippen LogP contribution in [0.15, 0.2) is 83.2 Å². The zero-order valence-corrected chi connectivity index (χ0v) is 16.2. The molecule has 29 heavy (non-hydrogen) atoms. The van der Waals surface area contributed by atoms with Gasteiger partial charge in [-0.15, -0.1) is 0 Å². The van der Waals surface area contributed by atoms with Crippen molar-refractivity contribution in [3.8, 4) is 11.8 Å². The van der Waals surface area contributed by atoms with Crippen molar-refractivity contribution in [3.63, 3.8) is 0 Å². The average molecular weight is 384 g/mol. The third-order valence-corrected chi connectivity index (χ3v) is 4.51. The van der Waals surface area contributed by atoms with Gasteiger partial charge in [-0.3, -0.25) is 14.3 Å². The van der Waals surface area contributed by atoms with Crippen LogP contribution in [0, 0.1) is 18.3 Å². The molecule has 6 nitrogen and oxygen atoms in total. The minimum atomic E-state index is -0.628. The molecular formula is C23H20N4O2. The summed E-state index contributed by atoms with van der Waals surface area (Å²) in [6.07, 6.45) is 4.85. The van der Waals surface area contributed by atoms with Crippen LogP contribution in [-0.2, 0) is 11.8 Å². The lowest BCUT2D eigenvalue weighted by Crippen LogP contribution is -2.23. The van der Waals surface area contributed by atoms with Gasteiger partial charge >= 0.3 is 0 Å². The zero-order valence-electron chi connectivity index (χ0n) is 16.2. The van der Waals surface area contributed by atoms with Gasteiger partial charge in [0.2, 0.25) is 0 Å². The number of anilines is 1. The maximum Gasteiger partial charge on any atom is 0.295 e. The molecule has 3 aromatic rings. The van der Waals surface area contributed by atoms with Crippen LogP contribution in [-0.4, -0.2) is 15.3 Å². The van der Waals surface area contributed by atoms with E-state index >= 15 is 0 Å². The van der Waals surface area contributed by atoms with E-state index in [4.69, 9.17) is 0 Å². The Morgan fingerprint density at radius 3 is 2.31 bits per heavy atom. The topological polar surface area (TPSA) is 79.8 Å². The number of carbonyl (C=O) groups is 1. The van der Waals surface area contributed by atoms with Crippen LogP contribution in [0.25, 0.3) is 11.8 Å². The molecule has 0 unspecified atom stereocenters. The highest BCUT2D eigenvalue weighted by Crippen LogP contribution is 2.15. The van der Waals surface area contributed by atoms with Crippen LogP contribution in [0.1, 0.15) is 11.3 Å². The Bertz CT molecular complexity index is 1180. The summed E-state index contributed by atoms with van der Waals surface area (Å²) in [6, 6.07) is 20.6. The highest BCUT2D eigenvalue weighted by Gasteiger charge is 2.19. The maximum atomic E-state index is 12.9. The van der Waals surface area contributed by atoms with Gasteiger partial charge in [0, 0.05) is 7.05 Å². The molecule has 0 aliphatic rings. The second kappa shape index (κ2) is 8.72. The molecule has 2 aromatic carbocycles. The third-order valence-electron chi connectivity index (χ3n) is 4.51. The fourth-order valence-corrected chi connectivity index (χ4v) is 2.88. The fraction of sp³-hybridized carbons (Fsp3) is 0.0870. The standard InChI is InChI=1S/C23H20N4O2/c1-17-21(23(29)27(26(17)2)20-14-7-4-8-15-20)25-22(28)19(16-24)13-9-12-18-10-5-3-6-11-18/h3-15H,1-2H3,(H,25,28)/b12-9+,19-13-. The zero-order chi connectivity index (χ0) is 20.8. The van der Waals surface area contributed by atoms with Crippen LogP contribution >= 0.6 is 0 Å².